The summed E-state index contributed by atoms with van der Waals surface area (Å²) in [5.41, 5.74) is 0. The van der Waals surface area contributed by atoms with E-state index >= 15 is 0 Å². The smallest absolute Gasteiger partial charge is 0.220 e. The van der Waals surface area contributed by atoms with Crippen molar-refractivity contribution in [2.24, 2.45) is 0 Å². The largest absolute Gasteiger partial charge is 0.394 e. The number of hydrogen-bond donors (Lipinski definition) is 6. The second-order valence-electron chi connectivity index (χ2n) is 23.9. The zero-order chi connectivity index (χ0) is 62.8. The maximum Gasteiger partial charge on any atom is 0.220 e. The lowest BCUT2D eigenvalue weighted by Gasteiger charge is -2.40. The van der Waals surface area contributed by atoms with Gasteiger partial charge in [0, 0.05) is 6.42 Å². The zero-order valence-electron chi connectivity index (χ0n) is 55.5. The number of unbranched alkanes of at least 4 members (excludes halogenated alkanes) is 26. The highest BCUT2D eigenvalue weighted by atomic mass is 16.7. The van der Waals surface area contributed by atoms with Gasteiger partial charge in [-0.05, 0) is 103 Å². The monoisotopic (exact) mass is 1210 g/mol. The molecule has 1 aliphatic heterocycles. The Balaban J connectivity index is 2.19. The van der Waals surface area contributed by atoms with Crippen LogP contribution in [0.3, 0.4) is 0 Å². The number of carbonyl (C=O) groups is 1. The maximum atomic E-state index is 13.1. The van der Waals surface area contributed by atoms with E-state index in [4.69, 9.17) is 9.47 Å². The van der Waals surface area contributed by atoms with Crippen LogP contribution in [-0.2, 0) is 14.3 Å². The minimum atomic E-state index is -1.57. The summed E-state index contributed by atoms with van der Waals surface area (Å²) >= 11 is 0. The number of hydrogen-bond acceptors (Lipinski definition) is 8. The second-order valence-corrected chi connectivity index (χ2v) is 23.9. The molecule has 0 aromatic heterocycles. The van der Waals surface area contributed by atoms with E-state index in [-0.39, 0.29) is 12.5 Å². The molecule has 7 atom stereocenters. The van der Waals surface area contributed by atoms with Crippen LogP contribution in [0.15, 0.2) is 146 Å². The Morgan fingerprint density at radius 2 is 0.713 bits per heavy atom. The third kappa shape index (κ3) is 53.6. The molecule has 1 heterocycles. The van der Waals surface area contributed by atoms with Crippen molar-refractivity contribution in [1.82, 2.24) is 5.32 Å². The minimum absolute atomic E-state index is 0.164. The third-order valence-electron chi connectivity index (χ3n) is 16.0. The molecule has 0 aliphatic carbocycles. The van der Waals surface area contributed by atoms with Gasteiger partial charge in [-0.15, -0.1) is 0 Å². The lowest BCUT2D eigenvalue weighted by Crippen LogP contribution is -2.60. The van der Waals surface area contributed by atoms with Crippen molar-refractivity contribution in [3.05, 3.63) is 146 Å². The van der Waals surface area contributed by atoms with E-state index in [1.807, 2.05) is 0 Å². The van der Waals surface area contributed by atoms with Gasteiger partial charge in [0.2, 0.25) is 5.91 Å². The number of carbonyl (C=O) groups excluding carboxylic acids is 1. The van der Waals surface area contributed by atoms with Crippen molar-refractivity contribution in [1.29, 1.82) is 0 Å². The van der Waals surface area contributed by atoms with Gasteiger partial charge in [0.05, 0.1) is 25.4 Å². The molecule has 1 amide bonds. The first-order valence-corrected chi connectivity index (χ1v) is 35.5. The molecule has 1 aliphatic rings. The summed E-state index contributed by atoms with van der Waals surface area (Å²) in [7, 11) is 0. The molecular formula is C78H131NO8. The van der Waals surface area contributed by atoms with Crippen molar-refractivity contribution in [2.45, 2.75) is 326 Å². The molecule has 87 heavy (non-hydrogen) atoms. The average molecular weight is 1210 g/mol. The summed E-state index contributed by atoms with van der Waals surface area (Å²) in [4.78, 5) is 13.1. The van der Waals surface area contributed by atoms with Gasteiger partial charge >= 0.3 is 0 Å². The van der Waals surface area contributed by atoms with Gasteiger partial charge in [-0.25, -0.2) is 0 Å². The predicted molar refractivity (Wildman–Crippen MR) is 373 cm³/mol. The van der Waals surface area contributed by atoms with Crippen molar-refractivity contribution in [3.8, 4) is 0 Å². The molecule has 6 N–H and O–H groups in total. The summed E-state index contributed by atoms with van der Waals surface area (Å²) in [6, 6.07) is -0.755. The van der Waals surface area contributed by atoms with Crippen molar-refractivity contribution >= 4 is 5.91 Å². The van der Waals surface area contributed by atoms with E-state index in [2.05, 4.69) is 165 Å². The minimum Gasteiger partial charge on any atom is -0.394 e. The average Bonchev–Trinajstić information content (AvgIpc) is 3.38. The normalized spacial score (nSPS) is 18.9. The van der Waals surface area contributed by atoms with Gasteiger partial charge in [-0.2, -0.15) is 0 Å². The van der Waals surface area contributed by atoms with Crippen LogP contribution < -0.4 is 5.32 Å². The Kier molecular flexibility index (Phi) is 60.6. The third-order valence-corrected chi connectivity index (χ3v) is 16.0. The molecule has 9 nitrogen and oxygen atoms in total. The van der Waals surface area contributed by atoms with E-state index in [0.29, 0.717) is 19.3 Å². The van der Waals surface area contributed by atoms with Gasteiger partial charge in [0.1, 0.15) is 24.4 Å². The summed E-state index contributed by atoms with van der Waals surface area (Å²) in [5.74, 6) is -0.189. The molecule has 0 aromatic carbocycles. The molecule has 0 radical (unpaired) electrons. The molecule has 496 valence electrons. The predicted octanol–water partition coefficient (Wildman–Crippen LogP) is 19.7. The molecule has 9 heteroatoms. The number of allylic oxidation sites excluding steroid dienone is 24. The summed E-state index contributed by atoms with van der Waals surface area (Å²) in [6.45, 7) is 3.72. The fourth-order valence-electron chi connectivity index (χ4n) is 10.4. The van der Waals surface area contributed by atoms with Gasteiger partial charge in [-0.3, -0.25) is 4.79 Å². The summed E-state index contributed by atoms with van der Waals surface area (Å²) in [6.07, 6.45) is 93.4. The molecule has 0 saturated carbocycles. The van der Waals surface area contributed by atoms with Crippen molar-refractivity contribution < 1.29 is 39.8 Å². The summed E-state index contributed by atoms with van der Waals surface area (Å²) < 4.78 is 11.3. The van der Waals surface area contributed by atoms with Crippen LogP contribution in [0.5, 0.6) is 0 Å². The van der Waals surface area contributed by atoms with E-state index in [9.17, 15) is 30.3 Å². The molecule has 0 spiro atoms. The van der Waals surface area contributed by atoms with Crippen LogP contribution in [0, 0.1) is 0 Å². The van der Waals surface area contributed by atoms with Gasteiger partial charge in [-0.1, -0.05) is 320 Å². The van der Waals surface area contributed by atoms with Crippen LogP contribution in [0.1, 0.15) is 284 Å². The second kappa shape index (κ2) is 65.0. The standard InChI is InChI=1S/C78H131NO8/c1-3-5-7-9-11-13-15-17-19-21-23-25-27-29-30-31-32-33-34-35-36-37-38-39-40-41-42-44-46-48-50-52-54-56-58-60-62-64-66-68-74(82)79-71(70-86-78-77(85)76(84)75(83)73(69-80)87-78)72(81)67-65-63-61-59-57-55-53-51-49-47-45-43-28-26-24-22-20-18-16-14-12-10-8-6-4-2/h5,7,11,13,17,19,23,25,29-30,32-33,35-36,38-39,41-42,46,48,52,54,58,60,71-73,75-78,80-81,83-85H,3-4,6,8-10,12,14-16,18,20-22,24,26-28,31,34,37,40,43-45,47,49-51,53,55-57,59,61-70H2,1-2H3,(H,79,82)/b7-5-,13-11-,19-17-,25-23-,30-29-,33-32-,36-35-,39-38-,42-41-,48-46-,54-52-,60-58-. The number of aliphatic hydroxyl groups excluding tert-OH is 5. The van der Waals surface area contributed by atoms with Gasteiger partial charge < -0.3 is 40.3 Å². The first-order chi connectivity index (χ1) is 42.8. The number of ether oxygens (including phenoxy) is 2. The molecule has 7 unspecified atom stereocenters. The van der Waals surface area contributed by atoms with E-state index < -0.39 is 49.5 Å². The van der Waals surface area contributed by atoms with E-state index in [0.717, 1.165) is 109 Å². The maximum absolute atomic E-state index is 13.1. The van der Waals surface area contributed by atoms with Gasteiger partial charge in [0.25, 0.3) is 0 Å². The lowest BCUT2D eigenvalue weighted by atomic mass is 9.99. The highest BCUT2D eigenvalue weighted by Gasteiger charge is 2.44. The van der Waals surface area contributed by atoms with E-state index in [1.165, 1.54) is 141 Å². The first-order valence-electron chi connectivity index (χ1n) is 35.5. The number of amides is 1. The molecule has 0 aromatic rings. The van der Waals surface area contributed by atoms with Crippen LogP contribution in [0.2, 0.25) is 0 Å². The number of nitrogens with one attached hydrogen (secondary N) is 1. The van der Waals surface area contributed by atoms with Crippen LogP contribution in [0.25, 0.3) is 0 Å². The van der Waals surface area contributed by atoms with E-state index in [1.54, 1.807) is 0 Å². The SMILES string of the molecule is CC/C=C\C/C=C\C/C=C\C/C=C\C/C=C\C/C=C\C/C=C\C/C=C\C/C=C\C/C=C\C/C=C\C/C=C\CCCCC(=O)NC(COC1OC(CO)C(O)C(O)C1O)C(O)CCCCCCCCCCCCCCCCCCCCCCCCCCC. The molecule has 1 saturated heterocycles. The van der Waals surface area contributed by atoms with Crippen LogP contribution in [0.4, 0.5) is 0 Å². The van der Waals surface area contributed by atoms with Gasteiger partial charge in [0.15, 0.2) is 6.29 Å². The first kappa shape index (κ1) is 81.1. The quantitative estimate of drug-likeness (QED) is 0.0261. The fraction of sp³-hybridized carbons (Fsp3) is 0.679. The topological polar surface area (TPSA) is 149 Å². The van der Waals surface area contributed by atoms with Crippen molar-refractivity contribution in [2.75, 3.05) is 13.2 Å². The molecule has 1 fully saturated rings. The molecular weight excluding hydrogens is 1080 g/mol. The highest BCUT2D eigenvalue weighted by Crippen LogP contribution is 2.23. The molecule has 1 rings (SSSR count). The lowest BCUT2D eigenvalue weighted by molar-refractivity contribution is -0.302. The Labute approximate surface area is 533 Å². The number of rotatable bonds is 60. The van der Waals surface area contributed by atoms with Crippen LogP contribution in [-0.4, -0.2) is 87.5 Å². The summed E-state index contributed by atoms with van der Waals surface area (Å²) in [5, 5.41) is 54.9. The van der Waals surface area contributed by atoms with Crippen LogP contribution >= 0.6 is 0 Å². The van der Waals surface area contributed by atoms with Crippen molar-refractivity contribution in [3.63, 3.8) is 0 Å². The Morgan fingerprint density at radius 3 is 1.03 bits per heavy atom. The fourth-order valence-corrected chi connectivity index (χ4v) is 10.4. The Morgan fingerprint density at radius 1 is 0.402 bits per heavy atom. The number of aliphatic hydroxyl groups is 5. The highest BCUT2D eigenvalue weighted by molar-refractivity contribution is 5.76. The Hall–Kier alpha value is -3.93. The molecule has 0 bridgehead atoms. The Bertz CT molecular complexity index is 1890. The zero-order valence-corrected chi connectivity index (χ0v) is 55.5.